The normalized spacial score (nSPS) is 22.3. The Bertz CT molecular complexity index is 607. The van der Waals surface area contributed by atoms with Gasteiger partial charge in [-0.25, -0.2) is 4.39 Å². The smallest absolute Gasteiger partial charge is 0.226 e. The van der Waals surface area contributed by atoms with Gasteiger partial charge in [-0.15, -0.1) is 0 Å². The molecule has 3 atom stereocenters. The second-order valence-corrected chi connectivity index (χ2v) is 6.14. The van der Waals surface area contributed by atoms with E-state index in [2.05, 4.69) is 5.32 Å². The van der Waals surface area contributed by atoms with Crippen LogP contribution in [0.25, 0.3) is 0 Å². The van der Waals surface area contributed by atoms with E-state index in [0.29, 0.717) is 12.0 Å². The average Bonchev–Trinajstić information content (AvgIpc) is 2.83. The predicted molar refractivity (Wildman–Crippen MR) is 84.3 cm³/mol. The van der Waals surface area contributed by atoms with E-state index in [9.17, 15) is 19.1 Å². The van der Waals surface area contributed by atoms with Gasteiger partial charge in [0.2, 0.25) is 11.8 Å². The molecule has 0 aromatic heterocycles. The molecule has 2 amide bonds. The zero-order valence-electron chi connectivity index (χ0n) is 13.1. The molecule has 1 saturated heterocycles. The molecule has 0 radical (unpaired) electrons. The lowest BCUT2D eigenvalue weighted by Gasteiger charge is -2.26. The van der Waals surface area contributed by atoms with Crippen LogP contribution >= 0.6 is 11.6 Å². The number of amides is 2. The van der Waals surface area contributed by atoms with Crippen molar-refractivity contribution in [3.05, 3.63) is 34.6 Å². The average molecular weight is 343 g/mol. The molecule has 7 heteroatoms. The van der Waals surface area contributed by atoms with Crippen molar-refractivity contribution < 1.29 is 19.1 Å². The van der Waals surface area contributed by atoms with E-state index in [0.717, 1.165) is 0 Å². The van der Waals surface area contributed by atoms with Gasteiger partial charge in [-0.2, -0.15) is 0 Å². The topological polar surface area (TPSA) is 69.6 Å². The molecular formula is C16H20ClFN2O3. The summed E-state index contributed by atoms with van der Waals surface area (Å²) in [5, 5.41) is 11.9. The van der Waals surface area contributed by atoms with Crippen LogP contribution in [0.4, 0.5) is 4.39 Å². The van der Waals surface area contributed by atoms with Crippen molar-refractivity contribution in [2.45, 2.75) is 31.8 Å². The second kappa shape index (κ2) is 7.27. The molecule has 1 aliphatic rings. The Labute approximate surface area is 139 Å². The fraction of sp³-hybridized carbons (Fsp3) is 0.500. The Morgan fingerprint density at radius 2 is 2.26 bits per heavy atom. The highest BCUT2D eigenvalue weighted by atomic mass is 35.5. The van der Waals surface area contributed by atoms with E-state index in [1.165, 1.54) is 17.0 Å². The minimum Gasteiger partial charge on any atom is -0.394 e. The van der Waals surface area contributed by atoms with Crippen molar-refractivity contribution in [2.24, 2.45) is 5.92 Å². The Hall–Kier alpha value is -1.66. The van der Waals surface area contributed by atoms with Crippen molar-refractivity contribution in [3.63, 3.8) is 0 Å². The van der Waals surface area contributed by atoms with Crippen LogP contribution in [0.1, 0.15) is 31.4 Å². The highest BCUT2D eigenvalue weighted by Gasteiger charge is 2.43. The van der Waals surface area contributed by atoms with E-state index in [-0.39, 0.29) is 35.9 Å². The summed E-state index contributed by atoms with van der Waals surface area (Å²) in [6.07, 6.45) is 0.637. The Kier molecular flexibility index (Phi) is 5.59. The molecule has 0 saturated carbocycles. The number of nitrogens with one attached hydrogen (secondary N) is 1. The van der Waals surface area contributed by atoms with Crippen LogP contribution < -0.4 is 5.32 Å². The summed E-state index contributed by atoms with van der Waals surface area (Å²) in [5.41, 5.74) is 0.525. The summed E-state index contributed by atoms with van der Waals surface area (Å²) in [5.74, 6) is -1.71. The minimum absolute atomic E-state index is 0.00643. The van der Waals surface area contributed by atoms with E-state index in [4.69, 9.17) is 11.6 Å². The molecule has 0 spiro atoms. The number of aliphatic hydroxyl groups excluding tert-OH is 1. The molecule has 1 aliphatic heterocycles. The molecule has 2 rings (SSSR count). The van der Waals surface area contributed by atoms with Gasteiger partial charge < -0.3 is 15.3 Å². The van der Waals surface area contributed by atoms with Crippen LogP contribution in [0.2, 0.25) is 5.02 Å². The van der Waals surface area contributed by atoms with Crippen LogP contribution in [0, 0.1) is 11.7 Å². The highest BCUT2D eigenvalue weighted by molar-refractivity contribution is 6.30. The van der Waals surface area contributed by atoms with Crippen LogP contribution in [0.15, 0.2) is 18.2 Å². The monoisotopic (exact) mass is 342 g/mol. The third-order valence-corrected chi connectivity index (χ3v) is 4.57. The van der Waals surface area contributed by atoms with Gasteiger partial charge >= 0.3 is 0 Å². The summed E-state index contributed by atoms with van der Waals surface area (Å²) in [6.45, 7) is 1.68. The summed E-state index contributed by atoms with van der Waals surface area (Å²) < 4.78 is 13.7. The molecular weight excluding hydrogens is 323 g/mol. The lowest BCUT2D eigenvalue weighted by atomic mass is 9.92. The Balaban J connectivity index is 2.28. The number of halogens is 2. The van der Waals surface area contributed by atoms with Crippen LogP contribution in [-0.4, -0.2) is 41.5 Å². The number of carbonyl (C=O) groups is 2. The van der Waals surface area contributed by atoms with Gasteiger partial charge in [-0.1, -0.05) is 24.6 Å². The SMILES string of the molecule is CCC(CO)NC(=O)C1CC(=O)N(C)C1c1ccc(Cl)c(F)c1. The van der Waals surface area contributed by atoms with Crippen LogP contribution in [0.3, 0.4) is 0 Å². The van der Waals surface area contributed by atoms with Crippen molar-refractivity contribution >= 4 is 23.4 Å². The van der Waals surface area contributed by atoms with Gasteiger partial charge in [0.1, 0.15) is 5.82 Å². The van der Waals surface area contributed by atoms with Crippen molar-refractivity contribution in [1.82, 2.24) is 10.2 Å². The van der Waals surface area contributed by atoms with Gasteiger partial charge in [0.05, 0.1) is 29.6 Å². The van der Waals surface area contributed by atoms with Gasteiger partial charge in [0.25, 0.3) is 0 Å². The number of hydrogen-bond donors (Lipinski definition) is 2. The molecule has 2 N–H and O–H groups in total. The maximum atomic E-state index is 13.7. The number of likely N-dealkylation sites (tertiary alicyclic amines) is 1. The molecule has 0 bridgehead atoms. The fourth-order valence-electron chi connectivity index (χ4n) is 2.84. The maximum absolute atomic E-state index is 13.7. The number of nitrogens with zero attached hydrogens (tertiary/aromatic N) is 1. The van der Waals surface area contributed by atoms with Gasteiger partial charge in [0.15, 0.2) is 0 Å². The van der Waals surface area contributed by atoms with Gasteiger partial charge in [-0.3, -0.25) is 9.59 Å². The number of rotatable bonds is 5. The van der Waals surface area contributed by atoms with Gasteiger partial charge in [-0.05, 0) is 24.1 Å². The highest BCUT2D eigenvalue weighted by Crippen LogP contribution is 2.38. The first kappa shape index (κ1) is 17.7. The zero-order valence-corrected chi connectivity index (χ0v) is 13.8. The van der Waals surface area contributed by atoms with Gasteiger partial charge in [0, 0.05) is 13.5 Å². The molecule has 0 aliphatic carbocycles. The third kappa shape index (κ3) is 3.64. The Morgan fingerprint density at radius 1 is 1.57 bits per heavy atom. The lowest BCUT2D eigenvalue weighted by Crippen LogP contribution is -2.42. The second-order valence-electron chi connectivity index (χ2n) is 5.73. The Morgan fingerprint density at radius 3 is 2.83 bits per heavy atom. The summed E-state index contributed by atoms with van der Waals surface area (Å²) >= 11 is 5.70. The third-order valence-electron chi connectivity index (χ3n) is 4.27. The number of benzene rings is 1. The first-order valence-corrected chi connectivity index (χ1v) is 7.88. The van der Waals surface area contributed by atoms with Crippen LogP contribution in [-0.2, 0) is 9.59 Å². The van der Waals surface area contributed by atoms with Crippen molar-refractivity contribution in [1.29, 1.82) is 0 Å². The minimum atomic E-state index is -0.631. The van der Waals surface area contributed by atoms with E-state index in [1.54, 1.807) is 13.1 Å². The van der Waals surface area contributed by atoms with E-state index >= 15 is 0 Å². The fourth-order valence-corrected chi connectivity index (χ4v) is 2.96. The molecule has 23 heavy (non-hydrogen) atoms. The first-order valence-electron chi connectivity index (χ1n) is 7.50. The molecule has 1 heterocycles. The summed E-state index contributed by atoms with van der Waals surface area (Å²) in [7, 11) is 1.59. The number of aliphatic hydroxyl groups is 1. The van der Waals surface area contributed by atoms with Crippen LogP contribution in [0.5, 0.6) is 0 Å². The lowest BCUT2D eigenvalue weighted by molar-refractivity contribution is -0.128. The maximum Gasteiger partial charge on any atom is 0.226 e. The molecule has 126 valence electrons. The van der Waals surface area contributed by atoms with E-state index < -0.39 is 17.8 Å². The molecule has 1 fully saturated rings. The quantitative estimate of drug-likeness (QED) is 0.858. The summed E-state index contributed by atoms with van der Waals surface area (Å²) in [6, 6.07) is 3.39. The molecule has 1 aromatic rings. The molecule has 5 nitrogen and oxygen atoms in total. The van der Waals surface area contributed by atoms with Crippen molar-refractivity contribution in [2.75, 3.05) is 13.7 Å². The number of carbonyl (C=O) groups excluding carboxylic acids is 2. The van der Waals surface area contributed by atoms with Crippen molar-refractivity contribution in [3.8, 4) is 0 Å². The molecule has 3 unspecified atom stereocenters. The standard InChI is InChI=1S/C16H20ClFN2O3/c1-3-10(8-21)19-16(23)11-7-14(22)20(2)15(11)9-4-5-12(17)13(18)6-9/h4-6,10-11,15,21H,3,7-8H2,1-2H3,(H,19,23). The zero-order chi connectivity index (χ0) is 17.1. The number of hydrogen-bond acceptors (Lipinski definition) is 3. The van der Waals surface area contributed by atoms with E-state index in [1.807, 2.05) is 6.92 Å². The molecule has 1 aromatic carbocycles. The first-order chi connectivity index (χ1) is 10.9. The largest absolute Gasteiger partial charge is 0.394 e. The predicted octanol–water partition coefficient (Wildman–Crippen LogP) is 1.89. The summed E-state index contributed by atoms with van der Waals surface area (Å²) in [4.78, 5) is 26.0.